The Balaban J connectivity index is 1.51. The molecule has 2 N–H and O–H groups in total. The molecule has 3 rings (SSSR count). The van der Waals surface area contributed by atoms with Gasteiger partial charge in [-0.05, 0) is 32.3 Å². The maximum Gasteiger partial charge on any atom is 0.135 e. The first-order valence-corrected chi connectivity index (χ1v) is 9.02. The number of H-pyrrole nitrogens is 1. The van der Waals surface area contributed by atoms with Crippen LogP contribution in [0.25, 0.3) is 0 Å². The lowest BCUT2D eigenvalue weighted by Gasteiger charge is -2.34. The van der Waals surface area contributed by atoms with Crippen molar-refractivity contribution in [2.24, 2.45) is 0 Å². The second-order valence-corrected chi connectivity index (χ2v) is 6.58. The average molecular weight is 344 g/mol. The van der Waals surface area contributed by atoms with Crippen molar-refractivity contribution in [3.05, 3.63) is 35.0 Å². The van der Waals surface area contributed by atoms with Gasteiger partial charge in [-0.3, -0.25) is 5.10 Å². The van der Waals surface area contributed by atoms with Gasteiger partial charge in [0.1, 0.15) is 11.6 Å². The van der Waals surface area contributed by atoms with Crippen LogP contribution in [0.15, 0.2) is 12.3 Å². The van der Waals surface area contributed by atoms with Gasteiger partial charge in [0.2, 0.25) is 0 Å². The highest BCUT2D eigenvalue weighted by Crippen LogP contribution is 2.22. The molecule has 1 aliphatic rings. The zero-order valence-electron chi connectivity index (χ0n) is 15.4. The van der Waals surface area contributed by atoms with E-state index in [1.807, 2.05) is 13.1 Å². The topological polar surface area (TPSA) is 79.0 Å². The monoisotopic (exact) mass is 344 g/mol. The largest absolute Gasteiger partial charge is 0.378 e. The number of hydrogen-bond donors (Lipinski definition) is 2. The Hall–Kier alpha value is -1.99. The van der Waals surface area contributed by atoms with Gasteiger partial charge in [0.05, 0.1) is 18.0 Å². The second-order valence-electron chi connectivity index (χ2n) is 6.58. The quantitative estimate of drug-likeness (QED) is 0.799. The van der Waals surface area contributed by atoms with E-state index >= 15 is 0 Å². The van der Waals surface area contributed by atoms with Crippen LogP contribution in [-0.2, 0) is 24.3 Å². The molecule has 0 aromatic carbocycles. The second kappa shape index (κ2) is 8.40. The maximum atomic E-state index is 5.11. The summed E-state index contributed by atoms with van der Waals surface area (Å²) >= 11 is 0. The lowest BCUT2D eigenvalue weighted by molar-refractivity contribution is 0.181. The van der Waals surface area contributed by atoms with Crippen LogP contribution in [0, 0.1) is 6.92 Å². The first-order valence-electron chi connectivity index (χ1n) is 9.02. The highest BCUT2D eigenvalue weighted by molar-refractivity contribution is 5.46. The molecule has 0 spiro atoms. The third-order valence-electron chi connectivity index (χ3n) is 4.69. The average Bonchev–Trinajstić information content (AvgIpc) is 3.08. The van der Waals surface area contributed by atoms with E-state index in [-0.39, 0.29) is 0 Å². The van der Waals surface area contributed by atoms with Gasteiger partial charge in [-0.2, -0.15) is 5.10 Å². The Morgan fingerprint density at radius 2 is 2.16 bits per heavy atom. The van der Waals surface area contributed by atoms with E-state index in [4.69, 9.17) is 4.74 Å². The highest BCUT2D eigenvalue weighted by Gasteiger charge is 2.22. The van der Waals surface area contributed by atoms with Crippen molar-refractivity contribution < 1.29 is 4.74 Å². The molecule has 1 fully saturated rings. The summed E-state index contributed by atoms with van der Waals surface area (Å²) in [6, 6.07) is 2.58. The molecule has 3 heterocycles. The fraction of sp³-hybridized carbons (Fsp3) is 0.611. The lowest BCUT2D eigenvalue weighted by Crippen LogP contribution is -2.43. The Morgan fingerprint density at radius 3 is 2.88 bits per heavy atom. The van der Waals surface area contributed by atoms with Crippen LogP contribution < -0.4 is 10.2 Å². The molecule has 25 heavy (non-hydrogen) atoms. The number of ether oxygens (including phenoxy) is 1. The van der Waals surface area contributed by atoms with Crippen LogP contribution in [-0.4, -0.2) is 46.4 Å². The molecule has 2 aromatic heterocycles. The molecule has 0 bridgehead atoms. The van der Waals surface area contributed by atoms with Gasteiger partial charge in [-0.25, -0.2) is 9.97 Å². The van der Waals surface area contributed by atoms with E-state index < -0.39 is 0 Å². The number of nitrogens with zero attached hydrogens (tertiary/aromatic N) is 4. The summed E-state index contributed by atoms with van der Waals surface area (Å²) in [5, 5.41) is 10.9. The molecule has 1 saturated heterocycles. The molecule has 7 heteroatoms. The Kier molecular flexibility index (Phi) is 5.99. The van der Waals surface area contributed by atoms with Gasteiger partial charge in [0, 0.05) is 44.5 Å². The molecule has 0 saturated carbocycles. The van der Waals surface area contributed by atoms with Gasteiger partial charge >= 0.3 is 0 Å². The normalized spacial score (nSPS) is 15.7. The highest BCUT2D eigenvalue weighted by atomic mass is 16.5. The summed E-state index contributed by atoms with van der Waals surface area (Å²) in [4.78, 5) is 11.4. The van der Waals surface area contributed by atoms with Crippen molar-refractivity contribution in [1.82, 2.24) is 25.5 Å². The fourth-order valence-corrected chi connectivity index (χ4v) is 3.28. The first-order chi connectivity index (χ1) is 12.2. The number of aryl methyl sites for hydroxylation is 2. The number of anilines is 1. The maximum absolute atomic E-state index is 5.11. The van der Waals surface area contributed by atoms with E-state index in [2.05, 4.69) is 43.4 Å². The van der Waals surface area contributed by atoms with Gasteiger partial charge in [0.25, 0.3) is 0 Å². The minimum absolute atomic E-state index is 0.520. The van der Waals surface area contributed by atoms with E-state index in [1.165, 1.54) is 5.56 Å². The SMILES string of the molecule is CCc1cnc(C)nc1N1CCC(NCc2cc(COC)[nH]n2)CC1. The van der Waals surface area contributed by atoms with E-state index in [1.54, 1.807) is 7.11 Å². The first kappa shape index (κ1) is 17.8. The molecule has 0 unspecified atom stereocenters. The standard InChI is InChI=1S/C18H28N6O/c1-4-14-10-19-13(2)21-18(14)24-7-5-15(6-8-24)20-11-16-9-17(12-25-3)23-22-16/h9-10,15,20H,4-8,11-12H2,1-3H3,(H,22,23). The third-order valence-corrected chi connectivity index (χ3v) is 4.69. The van der Waals surface area contributed by atoms with Crippen LogP contribution in [0.2, 0.25) is 0 Å². The summed E-state index contributed by atoms with van der Waals surface area (Å²) < 4.78 is 5.11. The summed E-state index contributed by atoms with van der Waals surface area (Å²) in [7, 11) is 1.69. The number of aromatic amines is 1. The van der Waals surface area contributed by atoms with Crippen molar-refractivity contribution in [2.45, 2.75) is 52.3 Å². The van der Waals surface area contributed by atoms with Crippen LogP contribution in [0.1, 0.15) is 42.5 Å². The summed E-state index contributed by atoms with van der Waals surface area (Å²) in [6.45, 7) is 7.53. The Morgan fingerprint density at radius 1 is 1.36 bits per heavy atom. The molecule has 2 aromatic rings. The zero-order chi connectivity index (χ0) is 17.6. The van der Waals surface area contributed by atoms with Crippen LogP contribution >= 0.6 is 0 Å². The molecule has 0 atom stereocenters. The number of aromatic nitrogens is 4. The van der Waals surface area contributed by atoms with Crippen LogP contribution in [0.5, 0.6) is 0 Å². The predicted molar refractivity (Wildman–Crippen MR) is 97.5 cm³/mol. The van der Waals surface area contributed by atoms with Crippen molar-refractivity contribution in [2.75, 3.05) is 25.1 Å². The third kappa shape index (κ3) is 4.55. The number of rotatable bonds is 7. The Labute approximate surface area is 149 Å². The van der Waals surface area contributed by atoms with Gasteiger partial charge in [0.15, 0.2) is 0 Å². The number of methoxy groups -OCH3 is 1. The zero-order valence-corrected chi connectivity index (χ0v) is 15.4. The molecular formula is C18H28N6O. The molecule has 1 aliphatic heterocycles. The minimum atomic E-state index is 0.520. The van der Waals surface area contributed by atoms with E-state index in [0.29, 0.717) is 12.6 Å². The molecule has 136 valence electrons. The minimum Gasteiger partial charge on any atom is -0.378 e. The van der Waals surface area contributed by atoms with Crippen LogP contribution in [0.3, 0.4) is 0 Å². The number of hydrogen-bond acceptors (Lipinski definition) is 6. The lowest BCUT2D eigenvalue weighted by atomic mass is 10.0. The summed E-state index contributed by atoms with van der Waals surface area (Å²) in [5.74, 6) is 1.96. The van der Waals surface area contributed by atoms with Gasteiger partial charge in [-0.1, -0.05) is 6.92 Å². The molecule has 0 aliphatic carbocycles. The van der Waals surface area contributed by atoms with Gasteiger partial charge < -0.3 is 15.0 Å². The molecular weight excluding hydrogens is 316 g/mol. The fourth-order valence-electron chi connectivity index (χ4n) is 3.28. The summed E-state index contributed by atoms with van der Waals surface area (Å²) in [5.41, 5.74) is 3.29. The van der Waals surface area contributed by atoms with Crippen LogP contribution in [0.4, 0.5) is 5.82 Å². The van der Waals surface area contributed by atoms with Gasteiger partial charge in [-0.15, -0.1) is 0 Å². The summed E-state index contributed by atoms with van der Waals surface area (Å²) in [6.07, 6.45) is 5.16. The smallest absolute Gasteiger partial charge is 0.135 e. The molecule has 7 nitrogen and oxygen atoms in total. The molecule has 0 radical (unpaired) electrons. The number of nitrogens with one attached hydrogen (secondary N) is 2. The molecule has 0 amide bonds. The van der Waals surface area contributed by atoms with Crippen molar-refractivity contribution in [3.8, 4) is 0 Å². The van der Waals surface area contributed by atoms with E-state index in [0.717, 1.165) is 61.9 Å². The predicted octanol–water partition coefficient (Wildman–Crippen LogP) is 1.98. The Bertz CT molecular complexity index is 678. The van der Waals surface area contributed by atoms with Crippen molar-refractivity contribution in [1.29, 1.82) is 0 Å². The van der Waals surface area contributed by atoms with E-state index in [9.17, 15) is 0 Å². The van der Waals surface area contributed by atoms with Crippen molar-refractivity contribution >= 4 is 5.82 Å². The number of piperidine rings is 1. The van der Waals surface area contributed by atoms with Crippen molar-refractivity contribution in [3.63, 3.8) is 0 Å².